The van der Waals surface area contributed by atoms with Crippen molar-refractivity contribution in [3.63, 3.8) is 0 Å². The summed E-state index contributed by atoms with van der Waals surface area (Å²) in [4.78, 5) is 0. The standard InChI is InChI=1S/C20H33N/c1-2-3-4-5-6-7-10-15-20(17-21)16-11-13-18-12-8-9-14-19(18)20/h8-9,12,14H,2-7,10-11,13,15-17,21H2,1H3. The summed E-state index contributed by atoms with van der Waals surface area (Å²) in [6, 6.07) is 9.02. The number of hydrogen-bond acceptors (Lipinski definition) is 1. The van der Waals surface area contributed by atoms with Crippen LogP contribution in [0.15, 0.2) is 24.3 Å². The Kier molecular flexibility index (Phi) is 6.76. The molecule has 21 heavy (non-hydrogen) atoms. The fourth-order valence-electron chi connectivity index (χ4n) is 4.00. The van der Waals surface area contributed by atoms with Crippen molar-refractivity contribution in [2.24, 2.45) is 5.73 Å². The van der Waals surface area contributed by atoms with Gasteiger partial charge >= 0.3 is 0 Å². The Balaban J connectivity index is 1.85. The van der Waals surface area contributed by atoms with Gasteiger partial charge in [0.2, 0.25) is 0 Å². The number of nitrogens with two attached hydrogens (primary N) is 1. The fraction of sp³-hybridized carbons (Fsp3) is 0.700. The summed E-state index contributed by atoms with van der Waals surface area (Å²) >= 11 is 0. The molecule has 0 heterocycles. The Labute approximate surface area is 131 Å². The predicted octanol–water partition coefficient (Wildman–Crippen LogP) is 5.36. The number of fused-ring (bicyclic) bond motifs is 1. The first-order valence-corrected chi connectivity index (χ1v) is 9.11. The van der Waals surface area contributed by atoms with E-state index in [-0.39, 0.29) is 5.41 Å². The van der Waals surface area contributed by atoms with Gasteiger partial charge in [-0.25, -0.2) is 0 Å². The van der Waals surface area contributed by atoms with Crippen LogP contribution in [0.4, 0.5) is 0 Å². The minimum Gasteiger partial charge on any atom is -0.330 e. The molecule has 118 valence electrons. The van der Waals surface area contributed by atoms with E-state index in [0.29, 0.717) is 0 Å². The third-order valence-corrected chi connectivity index (χ3v) is 5.34. The second-order valence-electron chi connectivity index (χ2n) is 6.87. The number of benzene rings is 1. The van der Waals surface area contributed by atoms with Crippen LogP contribution < -0.4 is 5.73 Å². The minimum atomic E-state index is 0.276. The normalized spacial score (nSPS) is 21.2. The highest BCUT2D eigenvalue weighted by Gasteiger charge is 2.34. The van der Waals surface area contributed by atoms with E-state index in [1.807, 2.05) is 0 Å². The number of aryl methyl sites for hydroxylation is 1. The zero-order chi connectivity index (χ0) is 15.0. The quantitative estimate of drug-likeness (QED) is 0.608. The molecule has 2 rings (SSSR count). The molecule has 1 aromatic rings. The summed E-state index contributed by atoms with van der Waals surface area (Å²) in [7, 11) is 0. The zero-order valence-corrected chi connectivity index (χ0v) is 13.9. The summed E-state index contributed by atoms with van der Waals surface area (Å²) in [5, 5.41) is 0. The third-order valence-electron chi connectivity index (χ3n) is 5.34. The van der Waals surface area contributed by atoms with Gasteiger partial charge in [-0.15, -0.1) is 0 Å². The van der Waals surface area contributed by atoms with Gasteiger partial charge in [0, 0.05) is 12.0 Å². The molecule has 1 heteroatoms. The molecule has 0 saturated heterocycles. The van der Waals surface area contributed by atoms with E-state index < -0.39 is 0 Å². The molecule has 0 saturated carbocycles. The van der Waals surface area contributed by atoms with Crippen LogP contribution in [0.1, 0.15) is 82.3 Å². The summed E-state index contributed by atoms with van der Waals surface area (Å²) in [5.74, 6) is 0. The van der Waals surface area contributed by atoms with Crippen LogP contribution in [-0.4, -0.2) is 6.54 Å². The van der Waals surface area contributed by atoms with Crippen LogP contribution in [0.3, 0.4) is 0 Å². The van der Waals surface area contributed by atoms with Crippen molar-refractivity contribution in [1.29, 1.82) is 0 Å². The smallest absolute Gasteiger partial charge is 0.00784 e. The monoisotopic (exact) mass is 287 g/mol. The number of unbranched alkanes of at least 4 members (excludes halogenated alkanes) is 6. The molecule has 0 fully saturated rings. The van der Waals surface area contributed by atoms with Crippen LogP contribution in [0.5, 0.6) is 0 Å². The Morgan fingerprint density at radius 2 is 1.71 bits per heavy atom. The summed E-state index contributed by atoms with van der Waals surface area (Å²) in [6.07, 6.45) is 14.8. The van der Waals surface area contributed by atoms with Gasteiger partial charge in [-0.2, -0.15) is 0 Å². The first-order valence-electron chi connectivity index (χ1n) is 9.11. The molecular formula is C20H33N. The van der Waals surface area contributed by atoms with Gasteiger partial charge in [-0.1, -0.05) is 76.1 Å². The van der Waals surface area contributed by atoms with E-state index >= 15 is 0 Å². The van der Waals surface area contributed by atoms with Crippen molar-refractivity contribution in [3.8, 4) is 0 Å². The van der Waals surface area contributed by atoms with E-state index in [1.54, 1.807) is 11.1 Å². The molecule has 1 unspecified atom stereocenters. The summed E-state index contributed by atoms with van der Waals surface area (Å²) < 4.78 is 0. The molecule has 1 aromatic carbocycles. The topological polar surface area (TPSA) is 26.0 Å². The Morgan fingerprint density at radius 1 is 1.00 bits per heavy atom. The van der Waals surface area contributed by atoms with E-state index in [0.717, 1.165) is 6.54 Å². The average molecular weight is 287 g/mol. The van der Waals surface area contributed by atoms with Gasteiger partial charge in [-0.3, -0.25) is 0 Å². The van der Waals surface area contributed by atoms with E-state index in [2.05, 4.69) is 31.2 Å². The predicted molar refractivity (Wildman–Crippen MR) is 92.7 cm³/mol. The fourth-order valence-corrected chi connectivity index (χ4v) is 4.00. The van der Waals surface area contributed by atoms with Crippen LogP contribution in [0, 0.1) is 0 Å². The highest BCUT2D eigenvalue weighted by molar-refractivity contribution is 5.37. The second kappa shape index (κ2) is 8.58. The van der Waals surface area contributed by atoms with Crippen LogP contribution in [0.25, 0.3) is 0 Å². The highest BCUT2D eigenvalue weighted by Crippen LogP contribution is 2.40. The molecule has 0 bridgehead atoms. The maximum Gasteiger partial charge on any atom is 0.00784 e. The van der Waals surface area contributed by atoms with Crippen LogP contribution in [0.2, 0.25) is 0 Å². The SMILES string of the molecule is CCCCCCCCCC1(CN)CCCc2ccccc21. The average Bonchev–Trinajstić information content (AvgIpc) is 2.54. The van der Waals surface area contributed by atoms with Crippen molar-refractivity contribution >= 4 is 0 Å². The number of rotatable bonds is 9. The first kappa shape index (κ1) is 16.5. The first-order chi connectivity index (χ1) is 10.3. The van der Waals surface area contributed by atoms with Gasteiger partial charge in [-0.05, 0) is 36.8 Å². The Bertz CT molecular complexity index is 412. The lowest BCUT2D eigenvalue weighted by Crippen LogP contribution is -2.38. The second-order valence-corrected chi connectivity index (χ2v) is 6.87. The van der Waals surface area contributed by atoms with Crippen molar-refractivity contribution < 1.29 is 0 Å². The van der Waals surface area contributed by atoms with Crippen LogP contribution in [-0.2, 0) is 11.8 Å². The third kappa shape index (κ3) is 4.32. The van der Waals surface area contributed by atoms with Crippen molar-refractivity contribution in [3.05, 3.63) is 35.4 Å². The molecule has 1 atom stereocenters. The van der Waals surface area contributed by atoms with Crippen LogP contribution >= 0.6 is 0 Å². The van der Waals surface area contributed by atoms with Crippen molar-refractivity contribution in [2.45, 2.75) is 83.0 Å². The molecule has 0 amide bonds. The number of hydrogen-bond donors (Lipinski definition) is 1. The lowest BCUT2D eigenvalue weighted by molar-refractivity contribution is 0.329. The Morgan fingerprint density at radius 3 is 2.48 bits per heavy atom. The van der Waals surface area contributed by atoms with Gasteiger partial charge in [0.1, 0.15) is 0 Å². The molecular weight excluding hydrogens is 254 g/mol. The maximum atomic E-state index is 6.23. The van der Waals surface area contributed by atoms with Gasteiger partial charge in [0.05, 0.1) is 0 Å². The van der Waals surface area contributed by atoms with E-state index in [9.17, 15) is 0 Å². The molecule has 0 radical (unpaired) electrons. The van der Waals surface area contributed by atoms with Gasteiger partial charge < -0.3 is 5.73 Å². The molecule has 1 aliphatic rings. The summed E-state index contributed by atoms with van der Waals surface area (Å²) in [5.41, 5.74) is 9.62. The minimum absolute atomic E-state index is 0.276. The molecule has 1 aliphatic carbocycles. The Hall–Kier alpha value is -0.820. The van der Waals surface area contributed by atoms with E-state index in [4.69, 9.17) is 5.73 Å². The van der Waals surface area contributed by atoms with Crippen molar-refractivity contribution in [2.75, 3.05) is 6.54 Å². The summed E-state index contributed by atoms with van der Waals surface area (Å²) in [6.45, 7) is 3.10. The highest BCUT2D eigenvalue weighted by atomic mass is 14.6. The van der Waals surface area contributed by atoms with E-state index in [1.165, 1.54) is 70.6 Å². The molecule has 0 aliphatic heterocycles. The molecule has 0 aromatic heterocycles. The largest absolute Gasteiger partial charge is 0.330 e. The molecule has 1 nitrogen and oxygen atoms in total. The molecule has 0 spiro atoms. The van der Waals surface area contributed by atoms with Gasteiger partial charge in [0.25, 0.3) is 0 Å². The maximum absolute atomic E-state index is 6.23. The van der Waals surface area contributed by atoms with Gasteiger partial charge in [0.15, 0.2) is 0 Å². The zero-order valence-electron chi connectivity index (χ0n) is 13.9. The lowest BCUT2D eigenvalue weighted by Gasteiger charge is -2.38. The lowest BCUT2D eigenvalue weighted by atomic mass is 9.67. The molecule has 2 N–H and O–H groups in total. The van der Waals surface area contributed by atoms with Crippen molar-refractivity contribution in [1.82, 2.24) is 0 Å².